The minimum absolute atomic E-state index is 0.209. The summed E-state index contributed by atoms with van der Waals surface area (Å²) in [6.45, 7) is 0. The molecule has 2 heterocycles. The summed E-state index contributed by atoms with van der Waals surface area (Å²) in [5, 5.41) is 9.19. The standard InChI is InChI=1S/C17H16N4O2/c1-22-12-4-5-15(23-2)13(9-12)17-14(7-8-18)21-10-11(19)3-6-16(21)20-17/h3-6,9-10H,7,19H2,1-2H3. The lowest BCUT2D eigenvalue weighted by molar-refractivity contribution is 0.404. The Balaban J connectivity index is 2.31. The second-order valence-electron chi connectivity index (χ2n) is 5.00. The molecule has 0 spiro atoms. The molecular formula is C17H16N4O2. The van der Waals surface area contributed by atoms with Crippen LogP contribution in [0.1, 0.15) is 5.69 Å². The number of fused-ring (bicyclic) bond motifs is 1. The molecule has 0 aliphatic heterocycles. The number of hydrogen-bond donors (Lipinski definition) is 1. The molecule has 6 nitrogen and oxygen atoms in total. The Morgan fingerprint density at radius 1 is 1.22 bits per heavy atom. The maximum Gasteiger partial charge on any atom is 0.137 e. The Kier molecular flexibility index (Phi) is 3.77. The number of pyridine rings is 1. The van der Waals surface area contributed by atoms with Crippen LogP contribution in [0.15, 0.2) is 36.5 Å². The van der Waals surface area contributed by atoms with E-state index in [0.29, 0.717) is 22.9 Å². The highest BCUT2D eigenvalue weighted by atomic mass is 16.5. The first kappa shape index (κ1) is 14.7. The molecule has 0 atom stereocenters. The third-order valence-electron chi connectivity index (χ3n) is 3.65. The van der Waals surface area contributed by atoms with E-state index >= 15 is 0 Å². The minimum atomic E-state index is 0.209. The molecule has 0 aliphatic carbocycles. The molecule has 3 aromatic rings. The fourth-order valence-corrected chi connectivity index (χ4v) is 2.57. The number of nitrogens with two attached hydrogens (primary N) is 1. The zero-order valence-electron chi connectivity index (χ0n) is 12.9. The molecule has 23 heavy (non-hydrogen) atoms. The number of rotatable bonds is 4. The number of nitrogens with zero attached hydrogens (tertiary/aromatic N) is 3. The van der Waals surface area contributed by atoms with Gasteiger partial charge in [-0.15, -0.1) is 0 Å². The average molecular weight is 308 g/mol. The minimum Gasteiger partial charge on any atom is -0.497 e. The first-order valence-corrected chi connectivity index (χ1v) is 7.03. The van der Waals surface area contributed by atoms with Crippen molar-refractivity contribution >= 4 is 11.3 Å². The number of nitrogen functional groups attached to an aromatic ring is 1. The van der Waals surface area contributed by atoms with E-state index in [2.05, 4.69) is 11.1 Å². The van der Waals surface area contributed by atoms with Crippen LogP contribution in [0, 0.1) is 11.3 Å². The monoisotopic (exact) mass is 308 g/mol. The normalized spacial score (nSPS) is 10.5. The van der Waals surface area contributed by atoms with Crippen molar-refractivity contribution < 1.29 is 9.47 Å². The fraction of sp³-hybridized carbons (Fsp3) is 0.176. The van der Waals surface area contributed by atoms with E-state index in [1.807, 2.05) is 28.7 Å². The van der Waals surface area contributed by atoms with E-state index in [4.69, 9.17) is 15.2 Å². The van der Waals surface area contributed by atoms with Crippen molar-refractivity contribution in [1.82, 2.24) is 9.38 Å². The molecule has 6 heteroatoms. The van der Waals surface area contributed by atoms with Gasteiger partial charge in [0.1, 0.15) is 17.1 Å². The van der Waals surface area contributed by atoms with Crippen LogP contribution in [0.3, 0.4) is 0 Å². The largest absolute Gasteiger partial charge is 0.497 e. The van der Waals surface area contributed by atoms with Gasteiger partial charge in [-0.1, -0.05) is 0 Å². The van der Waals surface area contributed by atoms with Crippen LogP contribution in [0.4, 0.5) is 5.69 Å². The Morgan fingerprint density at radius 3 is 2.74 bits per heavy atom. The SMILES string of the molecule is COc1ccc(OC)c(-c2nc3ccc(N)cn3c2CC#N)c1. The summed E-state index contributed by atoms with van der Waals surface area (Å²) in [6.07, 6.45) is 1.98. The third-order valence-corrected chi connectivity index (χ3v) is 3.65. The van der Waals surface area contributed by atoms with E-state index in [1.165, 1.54) is 0 Å². The van der Waals surface area contributed by atoms with E-state index < -0.39 is 0 Å². The van der Waals surface area contributed by atoms with Gasteiger partial charge in [-0.25, -0.2) is 4.98 Å². The molecular weight excluding hydrogens is 292 g/mol. The van der Waals surface area contributed by atoms with Gasteiger partial charge in [0.25, 0.3) is 0 Å². The molecule has 0 bridgehead atoms. The van der Waals surface area contributed by atoms with Crippen LogP contribution in [0.5, 0.6) is 11.5 Å². The highest BCUT2D eigenvalue weighted by molar-refractivity contribution is 5.74. The summed E-state index contributed by atoms with van der Waals surface area (Å²) in [6, 6.07) is 11.3. The lowest BCUT2D eigenvalue weighted by atomic mass is 10.1. The molecule has 2 N–H and O–H groups in total. The van der Waals surface area contributed by atoms with Crippen molar-refractivity contribution in [1.29, 1.82) is 5.26 Å². The summed E-state index contributed by atoms with van der Waals surface area (Å²) >= 11 is 0. The summed E-state index contributed by atoms with van der Waals surface area (Å²) in [5.74, 6) is 1.36. The van der Waals surface area contributed by atoms with Crippen LogP contribution < -0.4 is 15.2 Å². The zero-order valence-corrected chi connectivity index (χ0v) is 12.9. The zero-order chi connectivity index (χ0) is 16.4. The summed E-state index contributed by atoms with van der Waals surface area (Å²) < 4.78 is 12.6. The van der Waals surface area contributed by atoms with E-state index in [1.54, 1.807) is 26.5 Å². The van der Waals surface area contributed by atoms with E-state index in [-0.39, 0.29) is 6.42 Å². The van der Waals surface area contributed by atoms with Gasteiger partial charge in [0, 0.05) is 17.4 Å². The summed E-state index contributed by atoms with van der Waals surface area (Å²) in [5.41, 5.74) is 9.43. The highest BCUT2D eigenvalue weighted by Gasteiger charge is 2.18. The smallest absolute Gasteiger partial charge is 0.137 e. The number of ether oxygens (including phenoxy) is 2. The second-order valence-corrected chi connectivity index (χ2v) is 5.00. The van der Waals surface area contributed by atoms with Gasteiger partial charge in [0.15, 0.2) is 0 Å². The van der Waals surface area contributed by atoms with Crippen molar-refractivity contribution in [3.8, 4) is 28.8 Å². The Bertz CT molecular complexity index is 909. The number of aromatic nitrogens is 2. The molecule has 0 fully saturated rings. The number of benzene rings is 1. The maximum absolute atomic E-state index is 9.19. The first-order chi connectivity index (χ1) is 11.2. The fourth-order valence-electron chi connectivity index (χ4n) is 2.57. The molecule has 0 amide bonds. The molecule has 116 valence electrons. The van der Waals surface area contributed by atoms with Gasteiger partial charge >= 0.3 is 0 Å². The van der Waals surface area contributed by atoms with Crippen LogP contribution in [-0.4, -0.2) is 23.6 Å². The van der Waals surface area contributed by atoms with Crippen molar-refractivity contribution in [2.75, 3.05) is 20.0 Å². The lowest BCUT2D eigenvalue weighted by Gasteiger charge is -2.10. The molecule has 3 rings (SSSR count). The molecule has 2 aromatic heterocycles. The predicted octanol–water partition coefficient (Wildman–Crippen LogP) is 2.67. The van der Waals surface area contributed by atoms with Gasteiger partial charge in [-0.2, -0.15) is 5.26 Å². The van der Waals surface area contributed by atoms with Crippen molar-refractivity contribution in [3.05, 3.63) is 42.2 Å². The Hall–Kier alpha value is -3.20. The second kappa shape index (κ2) is 5.89. The molecule has 0 radical (unpaired) electrons. The van der Waals surface area contributed by atoms with Gasteiger partial charge < -0.3 is 19.6 Å². The lowest BCUT2D eigenvalue weighted by Crippen LogP contribution is -1.97. The topological polar surface area (TPSA) is 85.6 Å². The molecule has 0 saturated carbocycles. The van der Waals surface area contributed by atoms with Crippen LogP contribution in [-0.2, 0) is 6.42 Å². The number of nitriles is 1. The molecule has 0 unspecified atom stereocenters. The number of imidazole rings is 1. The average Bonchev–Trinajstić information content (AvgIpc) is 2.92. The number of hydrogen-bond acceptors (Lipinski definition) is 5. The predicted molar refractivity (Wildman–Crippen MR) is 87.5 cm³/mol. The highest BCUT2D eigenvalue weighted by Crippen LogP contribution is 2.35. The van der Waals surface area contributed by atoms with Crippen LogP contribution in [0.2, 0.25) is 0 Å². The van der Waals surface area contributed by atoms with E-state index in [0.717, 1.165) is 16.9 Å². The Labute approximate surface area is 133 Å². The number of methoxy groups -OCH3 is 2. The van der Waals surface area contributed by atoms with Crippen LogP contribution in [0.25, 0.3) is 16.9 Å². The molecule has 0 aliphatic rings. The first-order valence-electron chi connectivity index (χ1n) is 7.03. The van der Waals surface area contributed by atoms with Gasteiger partial charge in [-0.05, 0) is 30.3 Å². The van der Waals surface area contributed by atoms with Crippen molar-refractivity contribution in [2.45, 2.75) is 6.42 Å². The molecule has 0 saturated heterocycles. The summed E-state index contributed by atoms with van der Waals surface area (Å²) in [7, 11) is 3.20. The third kappa shape index (κ3) is 2.53. The maximum atomic E-state index is 9.19. The number of anilines is 1. The quantitative estimate of drug-likeness (QED) is 0.801. The Morgan fingerprint density at radius 2 is 2.04 bits per heavy atom. The summed E-state index contributed by atoms with van der Waals surface area (Å²) in [4.78, 5) is 4.65. The van der Waals surface area contributed by atoms with Gasteiger partial charge in [0.2, 0.25) is 0 Å². The van der Waals surface area contributed by atoms with Crippen molar-refractivity contribution in [2.24, 2.45) is 0 Å². The molecule has 1 aromatic carbocycles. The van der Waals surface area contributed by atoms with Gasteiger partial charge in [0.05, 0.1) is 38.1 Å². The van der Waals surface area contributed by atoms with Crippen LogP contribution >= 0.6 is 0 Å². The van der Waals surface area contributed by atoms with Gasteiger partial charge in [-0.3, -0.25) is 0 Å². The van der Waals surface area contributed by atoms with Crippen molar-refractivity contribution in [3.63, 3.8) is 0 Å². The van der Waals surface area contributed by atoms with E-state index in [9.17, 15) is 5.26 Å².